The largest absolute Gasteiger partial charge is 0.467 e. The minimum atomic E-state index is -0.986. The standard InChI is InChI=1S/C22H22FN3O4/c1-14(27)25-19(11-16-7-9-18(23)10-8-16)21(28)26-20(22(29)30-2)12-15-3-5-17(13-24)6-4-15/h3-10,19-20H,11-12H2,1-2H3,(H,25,27)(H,26,28)/t19-,20+/m0/s1. The van der Waals surface area contributed by atoms with Crippen molar-refractivity contribution in [1.29, 1.82) is 5.26 Å². The second kappa shape index (κ2) is 10.7. The second-order valence-electron chi connectivity index (χ2n) is 6.68. The summed E-state index contributed by atoms with van der Waals surface area (Å²) in [5.41, 5.74) is 1.84. The fourth-order valence-electron chi connectivity index (χ4n) is 2.87. The molecular weight excluding hydrogens is 389 g/mol. The summed E-state index contributed by atoms with van der Waals surface area (Å²) < 4.78 is 17.9. The third kappa shape index (κ3) is 6.71. The Kier molecular flexibility index (Phi) is 8.06. The number of esters is 1. The number of nitriles is 1. The van der Waals surface area contributed by atoms with E-state index in [4.69, 9.17) is 10.00 Å². The molecule has 2 N–H and O–H groups in total. The van der Waals surface area contributed by atoms with E-state index >= 15 is 0 Å². The minimum absolute atomic E-state index is 0.121. The van der Waals surface area contributed by atoms with Crippen molar-refractivity contribution in [3.05, 3.63) is 71.0 Å². The molecule has 2 atom stereocenters. The molecule has 0 aliphatic carbocycles. The Bertz CT molecular complexity index is 936. The number of nitrogens with zero attached hydrogens (tertiary/aromatic N) is 1. The number of carbonyl (C=O) groups excluding carboxylic acids is 3. The number of benzene rings is 2. The number of hydrogen-bond donors (Lipinski definition) is 2. The summed E-state index contributed by atoms with van der Waals surface area (Å²) in [7, 11) is 1.21. The number of halogens is 1. The van der Waals surface area contributed by atoms with Crippen LogP contribution in [0.1, 0.15) is 23.6 Å². The zero-order valence-corrected chi connectivity index (χ0v) is 16.6. The Morgan fingerprint density at radius 1 is 0.967 bits per heavy atom. The molecule has 0 saturated heterocycles. The molecule has 0 fully saturated rings. The first kappa shape index (κ1) is 22.6. The van der Waals surface area contributed by atoms with Crippen LogP contribution < -0.4 is 10.6 Å². The molecule has 0 spiro atoms. The van der Waals surface area contributed by atoms with E-state index in [1.165, 1.54) is 38.3 Å². The van der Waals surface area contributed by atoms with Gasteiger partial charge in [-0.2, -0.15) is 5.26 Å². The quantitative estimate of drug-likeness (QED) is 0.642. The fraction of sp³-hybridized carbons (Fsp3) is 0.273. The van der Waals surface area contributed by atoms with Crippen LogP contribution in [0.15, 0.2) is 48.5 Å². The highest BCUT2D eigenvalue weighted by molar-refractivity contribution is 5.90. The van der Waals surface area contributed by atoms with Gasteiger partial charge in [0.15, 0.2) is 0 Å². The highest BCUT2D eigenvalue weighted by Gasteiger charge is 2.27. The van der Waals surface area contributed by atoms with Crippen molar-refractivity contribution < 1.29 is 23.5 Å². The number of carbonyl (C=O) groups is 3. The van der Waals surface area contributed by atoms with Gasteiger partial charge in [-0.3, -0.25) is 9.59 Å². The fourth-order valence-corrected chi connectivity index (χ4v) is 2.87. The van der Waals surface area contributed by atoms with Crippen LogP contribution in [0.5, 0.6) is 0 Å². The molecule has 0 aliphatic heterocycles. The lowest BCUT2D eigenvalue weighted by atomic mass is 10.0. The van der Waals surface area contributed by atoms with Crippen LogP contribution in [0, 0.1) is 17.1 Å². The molecule has 0 aromatic heterocycles. The zero-order valence-electron chi connectivity index (χ0n) is 16.6. The van der Waals surface area contributed by atoms with Gasteiger partial charge in [0.25, 0.3) is 0 Å². The Morgan fingerprint density at radius 2 is 1.50 bits per heavy atom. The summed E-state index contributed by atoms with van der Waals surface area (Å²) in [6, 6.07) is 12.2. The maximum Gasteiger partial charge on any atom is 0.328 e. The van der Waals surface area contributed by atoms with Gasteiger partial charge in [0.1, 0.15) is 17.9 Å². The summed E-state index contributed by atoms with van der Waals surface area (Å²) in [4.78, 5) is 36.6. The molecule has 0 bridgehead atoms. The zero-order chi connectivity index (χ0) is 22.1. The van der Waals surface area contributed by atoms with Gasteiger partial charge in [0, 0.05) is 19.8 Å². The summed E-state index contributed by atoms with van der Waals surface area (Å²) in [6.07, 6.45) is 0.268. The minimum Gasteiger partial charge on any atom is -0.467 e. The van der Waals surface area contributed by atoms with Crippen molar-refractivity contribution in [2.45, 2.75) is 31.8 Å². The normalized spacial score (nSPS) is 12.2. The summed E-state index contributed by atoms with van der Waals surface area (Å²) in [6.45, 7) is 1.28. The van der Waals surface area contributed by atoms with Crippen molar-refractivity contribution in [2.24, 2.45) is 0 Å². The number of ether oxygens (including phenoxy) is 1. The maximum absolute atomic E-state index is 13.1. The molecular formula is C22H22FN3O4. The molecule has 0 unspecified atom stereocenters. The van der Waals surface area contributed by atoms with Gasteiger partial charge in [-0.05, 0) is 35.4 Å². The van der Waals surface area contributed by atoms with Gasteiger partial charge < -0.3 is 15.4 Å². The Balaban J connectivity index is 2.16. The van der Waals surface area contributed by atoms with Crippen LogP contribution in [-0.2, 0) is 32.0 Å². The molecule has 0 radical (unpaired) electrons. The Hall–Kier alpha value is -3.73. The molecule has 2 rings (SSSR count). The summed E-state index contributed by atoms with van der Waals surface area (Å²) in [5, 5.41) is 14.1. The molecule has 0 heterocycles. The van der Waals surface area contributed by atoms with E-state index in [0.717, 1.165) is 5.56 Å². The first-order chi connectivity index (χ1) is 14.3. The van der Waals surface area contributed by atoms with Gasteiger partial charge in [0.2, 0.25) is 11.8 Å². The van der Waals surface area contributed by atoms with Crippen molar-refractivity contribution in [3.63, 3.8) is 0 Å². The van der Waals surface area contributed by atoms with Gasteiger partial charge in [-0.1, -0.05) is 24.3 Å². The van der Waals surface area contributed by atoms with Gasteiger partial charge >= 0.3 is 5.97 Å². The van der Waals surface area contributed by atoms with E-state index in [0.29, 0.717) is 11.1 Å². The lowest BCUT2D eigenvalue weighted by molar-refractivity contribution is -0.145. The third-order valence-corrected chi connectivity index (χ3v) is 4.37. The molecule has 0 aliphatic rings. The average molecular weight is 411 g/mol. The van der Waals surface area contributed by atoms with E-state index in [1.807, 2.05) is 6.07 Å². The van der Waals surface area contributed by atoms with Crippen LogP contribution >= 0.6 is 0 Å². The molecule has 8 heteroatoms. The number of rotatable bonds is 8. The number of nitrogens with one attached hydrogen (secondary N) is 2. The highest BCUT2D eigenvalue weighted by atomic mass is 19.1. The third-order valence-electron chi connectivity index (χ3n) is 4.37. The molecule has 156 valence electrons. The molecule has 2 aromatic rings. The lowest BCUT2D eigenvalue weighted by Gasteiger charge is -2.22. The highest BCUT2D eigenvalue weighted by Crippen LogP contribution is 2.10. The van der Waals surface area contributed by atoms with Crippen LogP contribution in [-0.4, -0.2) is 37.0 Å². The van der Waals surface area contributed by atoms with Gasteiger partial charge in [-0.25, -0.2) is 9.18 Å². The van der Waals surface area contributed by atoms with Crippen LogP contribution in [0.25, 0.3) is 0 Å². The SMILES string of the molecule is COC(=O)[C@@H](Cc1ccc(C#N)cc1)NC(=O)[C@H](Cc1ccc(F)cc1)NC(C)=O. The first-order valence-corrected chi connectivity index (χ1v) is 9.21. The smallest absolute Gasteiger partial charge is 0.328 e. The number of hydrogen-bond acceptors (Lipinski definition) is 5. The van der Waals surface area contributed by atoms with E-state index in [2.05, 4.69) is 10.6 Å². The average Bonchev–Trinajstić information content (AvgIpc) is 2.73. The van der Waals surface area contributed by atoms with Gasteiger partial charge in [0.05, 0.1) is 18.7 Å². The first-order valence-electron chi connectivity index (χ1n) is 9.21. The Morgan fingerprint density at radius 3 is 2.00 bits per heavy atom. The van der Waals surface area contributed by atoms with Crippen LogP contribution in [0.3, 0.4) is 0 Å². The number of methoxy groups -OCH3 is 1. The van der Waals surface area contributed by atoms with Crippen LogP contribution in [0.4, 0.5) is 4.39 Å². The Labute approximate surface area is 173 Å². The van der Waals surface area contributed by atoms with E-state index in [1.54, 1.807) is 24.3 Å². The van der Waals surface area contributed by atoms with E-state index in [9.17, 15) is 18.8 Å². The molecule has 30 heavy (non-hydrogen) atoms. The van der Waals surface area contributed by atoms with Crippen molar-refractivity contribution >= 4 is 17.8 Å². The predicted octanol–water partition coefficient (Wildman–Crippen LogP) is 1.65. The maximum atomic E-state index is 13.1. The van der Waals surface area contributed by atoms with Crippen molar-refractivity contribution in [3.8, 4) is 6.07 Å². The van der Waals surface area contributed by atoms with E-state index in [-0.39, 0.29) is 12.8 Å². The molecule has 0 saturated carbocycles. The van der Waals surface area contributed by atoms with Crippen LogP contribution in [0.2, 0.25) is 0 Å². The second-order valence-corrected chi connectivity index (χ2v) is 6.68. The topological polar surface area (TPSA) is 108 Å². The summed E-state index contributed by atoms with van der Waals surface area (Å²) in [5.74, 6) is -2.04. The van der Waals surface area contributed by atoms with Gasteiger partial charge in [-0.15, -0.1) is 0 Å². The number of amides is 2. The summed E-state index contributed by atoms with van der Waals surface area (Å²) >= 11 is 0. The molecule has 7 nitrogen and oxygen atoms in total. The molecule has 2 aromatic carbocycles. The monoisotopic (exact) mass is 411 g/mol. The van der Waals surface area contributed by atoms with Crippen molar-refractivity contribution in [2.75, 3.05) is 7.11 Å². The lowest BCUT2D eigenvalue weighted by Crippen LogP contribution is -2.53. The van der Waals surface area contributed by atoms with E-state index < -0.39 is 35.7 Å². The van der Waals surface area contributed by atoms with Crippen molar-refractivity contribution in [1.82, 2.24) is 10.6 Å². The predicted molar refractivity (Wildman–Crippen MR) is 107 cm³/mol. The molecule has 2 amide bonds.